The van der Waals surface area contributed by atoms with Crippen LogP contribution >= 0.6 is 0 Å². The van der Waals surface area contributed by atoms with Crippen LogP contribution in [0.5, 0.6) is 0 Å². The zero-order chi connectivity index (χ0) is 24.5. The normalized spacial score (nSPS) is 13.6. The van der Waals surface area contributed by atoms with Gasteiger partial charge >= 0.3 is 118 Å². The van der Waals surface area contributed by atoms with E-state index in [9.17, 15) is 20.1 Å². The largest absolute Gasteiger partial charge is 1.00 e. The van der Waals surface area contributed by atoms with E-state index < -0.39 is 57.7 Å². The van der Waals surface area contributed by atoms with Crippen LogP contribution in [0.3, 0.4) is 0 Å². The van der Waals surface area contributed by atoms with Gasteiger partial charge in [0.15, 0.2) is 6.10 Å². The van der Waals surface area contributed by atoms with Gasteiger partial charge in [-0.05, 0) is 6.42 Å². The summed E-state index contributed by atoms with van der Waals surface area (Å²) in [6, 6.07) is 0. The minimum absolute atomic E-state index is 0. The number of aliphatic hydroxyl groups is 5. The Balaban J connectivity index is -0.0000000882. The van der Waals surface area contributed by atoms with Crippen LogP contribution in [0.2, 0.25) is 0 Å². The second-order valence-electron chi connectivity index (χ2n) is 5.70. The third kappa shape index (κ3) is 48.1. The fraction of sp³-hybridized carbons (Fsp3) is 0.923. The number of hydrogen-bond donors (Lipinski definition) is 6. The minimum atomic E-state index is -5.17. The maximum atomic E-state index is 11.5. The Bertz CT molecular complexity index is 610. The smallest absolute Gasteiger partial charge is 0.759 e. The predicted octanol–water partition coefficient (Wildman–Crippen LogP) is -16.2. The average molecular weight is 577 g/mol. The maximum absolute atomic E-state index is 11.5. The molecule has 0 saturated carbocycles. The molecule has 0 fully saturated rings. The quantitative estimate of drug-likeness (QED) is 0.0575. The van der Waals surface area contributed by atoms with Crippen LogP contribution in [0.4, 0.5) is 0 Å². The summed E-state index contributed by atoms with van der Waals surface area (Å²) >= 11 is 0. The van der Waals surface area contributed by atoms with Crippen molar-refractivity contribution in [2.45, 2.75) is 63.4 Å². The molecule has 184 valence electrons. The molecule has 0 aromatic heterocycles. The Morgan fingerprint density at radius 1 is 0.765 bits per heavy atom. The van der Waals surface area contributed by atoms with E-state index in [1.54, 1.807) is 0 Å². The van der Waals surface area contributed by atoms with E-state index in [0.29, 0.717) is 6.54 Å². The molecule has 21 heteroatoms. The predicted molar refractivity (Wildman–Crippen MR) is 93.8 cm³/mol. The molecule has 0 aromatic rings. The molecule has 0 unspecified atom stereocenters. The number of aliphatic hydroxyl groups excluding tert-OH is 5. The summed E-state index contributed by atoms with van der Waals surface area (Å²) < 4.78 is 68.2. The Morgan fingerprint density at radius 2 is 1.12 bits per heavy atom. The number of carbonyl (C=O) groups excluding carboxylic acids is 1. The summed E-state index contributed by atoms with van der Waals surface area (Å²) in [4.78, 5) is 11.5. The first-order valence-corrected chi connectivity index (χ1v) is 11.1. The van der Waals surface area contributed by atoms with Gasteiger partial charge < -0.3 is 49.1 Å². The van der Waals surface area contributed by atoms with E-state index in [-0.39, 0.29) is 118 Å². The van der Waals surface area contributed by atoms with E-state index in [1.807, 2.05) is 0 Å². The second kappa shape index (κ2) is 30.6. The summed E-state index contributed by atoms with van der Waals surface area (Å²) in [5.41, 5.74) is 0. The topological polar surface area (TPSA) is 291 Å². The van der Waals surface area contributed by atoms with Crippen LogP contribution in [0.1, 0.15) is 39.0 Å². The van der Waals surface area contributed by atoms with Crippen molar-refractivity contribution >= 4 is 26.7 Å². The zero-order valence-electron chi connectivity index (χ0n) is 20.0. The van der Waals surface area contributed by atoms with Crippen molar-refractivity contribution in [3.05, 3.63) is 0 Å². The summed E-state index contributed by atoms with van der Waals surface area (Å²) in [6.07, 6.45) is -2.00. The maximum Gasteiger partial charge on any atom is 1.00 e. The molecule has 0 bridgehead atoms. The number of nitrogens with one attached hydrogen (secondary N) is 1. The first-order valence-electron chi connectivity index (χ1n) is 8.39. The first kappa shape index (κ1) is 53.3. The van der Waals surface area contributed by atoms with Gasteiger partial charge in [-0.3, -0.25) is 21.6 Å². The van der Waals surface area contributed by atoms with Crippen LogP contribution in [0, 0.1) is 0 Å². The summed E-state index contributed by atoms with van der Waals surface area (Å²) in [5, 5.41) is 48.6. The average Bonchev–Trinajstić information content (AvgIpc) is 2.58. The monoisotopic (exact) mass is 577 g/mol. The molecule has 34 heavy (non-hydrogen) atoms. The number of unbranched alkanes of at least 4 members (excludes halogenated alkanes) is 4. The molecular weight excluding hydrogens is 550 g/mol. The third-order valence-corrected chi connectivity index (χ3v) is 3.10. The van der Waals surface area contributed by atoms with E-state index in [0.717, 1.165) is 32.1 Å². The van der Waals surface area contributed by atoms with Crippen LogP contribution in [0.25, 0.3) is 0 Å². The van der Waals surface area contributed by atoms with Gasteiger partial charge in [-0.25, -0.2) is 0 Å². The van der Waals surface area contributed by atoms with Gasteiger partial charge in [-0.1, -0.05) is 32.6 Å². The van der Waals surface area contributed by atoms with Gasteiger partial charge in [0, 0.05) is 27.3 Å². The Labute approximate surface area is 288 Å². The van der Waals surface area contributed by atoms with Crippen molar-refractivity contribution in [1.82, 2.24) is 5.32 Å². The van der Waals surface area contributed by atoms with E-state index in [1.165, 1.54) is 0 Å². The Kier molecular flexibility index (Phi) is 47.9. The Morgan fingerprint density at radius 3 is 1.44 bits per heavy atom. The van der Waals surface area contributed by atoms with Crippen LogP contribution < -0.4 is 124 Å². The molecule has 0 aromatic carbocycles. The molecular formula is C13H27NNa4O14S2. The molecule has 15 nitrogen and oxygen atoms in total. The van der Waals surface area contributed by atoms with Crippen molar-refractivity contribution in [3.63, 3.8) is 0 Å². The molecule has 0 aliphatic rings. The van der Waals surface area contributed by atoms with Gasteiger partial charge in [0.1, 0.15) is 18.3 Å². The molecule has 0 aliphatic carbocycles. The van der Waals surface area contributed by atoms with Crippen molar-refractivity contribution in [1.29, 1.82) is 0 Å². The molecule has 0 heterocycles. The van der Waals surface area contributed by atoms with Crippen LogP contribution in [-0.4, -0.2) is 104 Å². The van der Waals surface area contributed by atoms with Crippen molar-refractivity contribution in [2.24, 2.45) is 0 Å². The molecule has 1 amide bonds. The standard InChI is InChI=1S/C13H27NO6.4Na.2H2O4S/c1-2-3-4-5-6-7-14-13(20)12(19)11(18)10(17)9(16)8-15;;;;;2*1-5(2,3)4/h9-12,15-19H,2-8H2,1H3,(H,14,20);;;;;2*(H2,1,2,3,4)/q;4*+1;;/p-4/t9-,10-,11+,12-;;;;;;/m1....../s1. The van der Waals surface area contributed by atoms with Crippen LogP contribution in [0.15, 0.2) is 0 Å². The number of carbonyl (C=O) groups is 1. The van der Waals surface area contributed by atoms with Gasteiger partial charge in [0.2, 0.25) is 0 Å². The number of rotatable bonds is 11. The van der Waals surface area contributed by atoms with E-state index in [4.69, 9.17) is 45.3 Å². The molecule has 0 saturated heterocycles. The molecule has 0 spiro atoms. The van der Waals surface area contributed by atoms with Gasteiger partial charge in [-0.2, -0.15) is 0 Å². The van der Waals surface area contributed by atoms with E-state index >= 15 is 0 Å². The van der Waals surface area contributed by atoms with Crippen molar-refractivity contribution in [2.75, 3.05) is 13.2 Å². The van der Waals surface area contributed by atoms with Gasteiger partial charge in [0.25, 0.3) is 5.91 Å². The summed E-state index contributed by atoms with van der Waals surface area (Å²) in [5.74, 6) is -0.808. The fourth-order valence-corrected chi connectivity index (χ4v) is 1.72. The van der Waals surface area contributed by atoms with E-state index in [2.05, 4.69) is 12.2 Å². The molecule has 6 N–H and O–H groups in total. The SMILES string of the molecule is CCCCCCCNC(=O)[C@H](O)[C@@H](O)[C@H](O)[C@H](O)CO.O=S(=O)([O-])[O-].O=S(=O)([O-])[O-].[Na+].[Na+].[Na+].[Na+]. The fourth-order valence-electron chi connectivity index (χ4n) is 1.72. The van der Waals surface area contributed by atoms with Crippen molar-refractivity contribution in [3.8, 4) is 0 Å². The van der Waals surface area contributed by atoms with Gasteiger partial charge in [-0.15, -0.1) is 0 Å². The minimum Gasteiger partial charge on any atom is -0.759 e. The van der Waals surface area contributed by atoms with Gasteiger partial charge in [0.05, 0.1) is 6.61 Å². The van der Waals surface area contributed by atoms with Crippen LogP contribution in [-0.2, 0) is 25.6 Å². The number of amides is 1. The summed E-state index contributed by atoms with van der Waals surface area (Å²) in [6.45, 7) is 1.71. The summed E-state index contributed by atoms with van der Waals surface area (Å²) in [7, 11) is -10.3. The molecule has 0 rings (SSSR count). The molecule has 0 radical (unpaired) electrons. The second-order valence-corrected chi connectivity index (χ2v) is 7.33. The number of hydrogen-bond acceptors (Lipinski definition) is 14. The third-order valence-electron chi connectivity index (χ3n) is 3.10. The first-order chi connectivity index (χ1) is 13.5. The molecule has 0 aliphatic heterocycles. The zero-order valence-corrected chi connectivity index (χ0v) is 29.6. The Hall–Kier alpha value is 3.01. The van der Waals surface area contributed by atoms with Crippen molar-refractivity contribution < 1.29 is 184 Å². The molecule has 4 atom stereocenters.